The van der Waals surface area contributed by atoms with Gasteiger partial charge in [0.15, 0.2) is 9.84 Å². The zero-order valence-electron chi connectivity index (χ0n) is 9.59. The van der Waals surface area contributed by atoms with Crippen molar-refractivity contribution in [3.8, 4) is 0 Å². The van der Waals surface area contributed by atoms with Gasteiger partial charge in [-0.3, -0.25) is 4.90 Å². The molecule has 2 aliphatic rings. The topological polar surface area (TPSA) is 63.4 Å². The molecule has 1 unspecified atom stereocenters. The van der Waals surface area contributed by atoms with E-state index < -0.39 is 9.84 Å². The Balaban J connectivity index is 1.81. The molecule has 1 atom stereocenters. The fourth-order valence-corrected chi connectivity index (χ4v) is 4.56. The van der Waals surface area contributed by atoms with E-state index in [1.54, 1.807) is 0 Å². The molecule has 92 valence electrons. The van der Waals surface area contributed by atoms with Gasteiger partial charge in [0.25, 0.3) is 0 Å². The first kappa shape index (κ1) is 11.0. The predicted molar refractivity (Wildman–Crippen MR) is 67.2 cm³/mol. The van der Waals surface area contributed by atoms with Crippen molar-refractivity contribution in [1.82, 2.24) is 4.90 Å². The maximum atomic E-state index is 11.5. The van der Waals surface area contributed by atoms with Gasteiger partial charge in [-0.2, -0.15) is 0 Å². The lowest BCUT2D eigenvalue weighted by Gasteiger charge is -2.21. The van der Waals surface area contributed by atoms with Crippen molar-refractivity contribution in [2.45, 2.75) is 25.6 Å². The summed E-state index contributed by atoms with van der Waals surface area (Å²) in [7, 11) is -2.80. The molecule has 0 bridgehead atoms. The molecule has 0 amide bonds. The predicted octanol–water partition coefficient (Wildman–Crippen LogP) is 0.772. The highest BCUT2D eigenvalue weighted by atomic mass is 32.2. The van der Waals surface area contributed by atoms with Crippen LogP contribution in [0.25, 0.3) is 0 Å². The van der Waals surface area contributed by atoms with Gasteiger partial charge in [0.05, 0.1) is 11.5 Å². The van der Waals surface area contributed by atoms with E-state index in [4.69, 9.17) is 5.73 Å². The van der Waals surface area contributed by atoms with Crippen molar-refractivity contribution < 1.29 is 8.42 Å². The van der Waals surface area contributed by atoms with Crippen molar-refractivity contribution in [2.75, 3.05) is 17.2 Å². The first-order valence-electron chi connectivity index (χ1n) is 5.86. The summed E-state index contributed by atoms with van der Waals surface area (Å²) in [6.45, 7) is 1.63. The van der Waals surface area contributed by atoms with Crippen LogP contribution in [0.3, 0.4) is 0 Å². The molecule has 0 spiro atoms. The molecule has 1 fully saturated rings. The number of nitrogens with zero attached hydrogens (tertiary/aromatic N) is 1. The zero-order valence-corrected chi connectivity index (χ0v) is 10.4. The van der Waals surface area contributed by atoms with Crippen LogP contribution >= 0.6 is 0 Å². The van der Waals surface area contributed by atoms with Crippen molar-refractivity contribution in [3.63, 3.8) is 0 Å². The first-order chi connectivity index (χ1) is 8.05. The van der Waals surface area contributed by atoms with Crippen LogP contribution in [0, 0.1) is 0 Å². The minimum Gasteiger partial charge on any atom is -0.398 e. The lowest BCUT2D eigenvalue weighted by Crippen LogP contribution is -2.31. The molecule has 1 aromatic rings. The standard InChI is InChI=1S/C12H16N2O2S/c13-12-3-1-2-9-6-14(7-11(9)12)10-4-5-17(15,16)8-10/h1-3,10H,4-8,13H2. The van der Waals surface area contributed by atoms with E-state index in [-0.39, 0.29) is 6.04 Å². The largest absolute Gasteiger partial charge is 0.398 e. The van der Waals surface area contributed by atoms with Gasteiger partial charge in [0.1, 0.15) is 0 Å². The Bertz CT molecular complexity index is 554. The lowest BCUT2D eigenvalue weighted by molar-refractivity contribution is 0.217. The molecule has 5 heteroatoms. The SMILES string of the molecule is Nc1cccc2c1CN(C1CCS(=O)(=O)C1)C2. The molecule has 1 saturated heterocycles. The third kappa shape index (κ3) is 1.93. The molecular formula is C12H16N2O2S. The third-order valence-electron chi connectivity index (χ3n) is 3.77. The number of anilines is 1. The number of nitrogen functional groups attached to an aromatic ring is 1. The molecule has 0 aromatic heterocycles. The van der Waals surface area contributed by atoms with E-state index in [1.165, 1.54) is 11.1 Å². The Morgan fingerprint density at radius 3 is 2.76 bits per heavy atom. The van der Waals surface area contributed by atoms with Gasteiger partial charge < -0.3 is 5.73 Å². The second kappa shape index (κ2) is 3.71. The molecule has 0 radical (unpaired) electrons. The average Bonchev–Trinajstić information content (AvgIpc) is 2.82. The molecule has 4 nitrogen and oxygen atoms in total. The number of nitrogens with two attached hydrogens (primary N) is 1. The van der Waals surface area contributed by atoms with Gasteiger partial charge in [-0.05, 0) is 23.6 Å². The number of fused-ring (bicyclic) bond motifs is 1. The van der Waals surface area contributed by atoms with Crippen LogP contribution in [0.5, 0.6) is 0 Å². The quantitative estimate of drug-likeness (QED) is 0.750. The van der Waals surface area contributed by atoms with Crippen molar-refractivity contribution >= 4 is 15.5 Å². The zero-order chi connectivity index (χ0) is 12.0. The van der Waals surface area contributed by atoms with Crippen molar-refractivity contribution in [3.05, 3.63) is 29.3 Å². The Hall–Kier alpha value is -1.07. The van der Waals surface area contributed by atoms with Crippen LogP contribution < -0.4 is 5.73 Å². The summed E-state index contributed by atoms with van der Waals surface area (Å²) in [6, 6.07) is 6.12. The summed E-state index contributed by atoms with van der Waals surface area (Å²) in [5.74, 6) is 0.640. The minimum absolute atomic E-state index is 0.173. The fraction of sp³-hybridized carbons (Fsp3) is 0.500. The number of benzene rings is 1. The maximum absolute atomic E-state index is 11.5. The Morgan fingerprint density at radius 2 is 2.12 bits per heavy atom. The van der Waals surface area contributed by atoms with Crippen LogP contribution in [0.15, 0.2) is 18.2 Å². The van der Waals surface area contributed by atoms with Gasteiger partial charge in [-0.1, -0.05) is 12.1 Å². The van der Waals surface area contributed by atoms with Crippen LogP contribution in [-0.2, 0) is 22.9 Å². The van der Waals surface area contributed by atoms with E-state index >= 15 is 0 Å². The van der Waals surface area contributed by atoms with Crippen LogP contribution in [0.1, 0.15) is 17.5 Å². The Kier molecular flexibility index (Phi) is 2.41. The van der Waals surface area contributed by atoms with Gasteiger partial charge in [-0.25, -0.2) is 8.42 Å². The lowest BCUT2D eigenvalue weighted by atomic mass is 10.1. The molecule has 1 aromatic carbocycles. The van der Waals surface area contributed by atoms with E-state index in [0.717, 1.165) is 25.2 Å². The normalized spacial score (nSPS) is 27.2. The van der Waals surface area contributed by atoms with Gasteiger partial charge in [-0.15, -0.1) is 0 Å². The van der Waals surface area contributed by atoms with E-state index in [9.17, 15) is 8.42 Å². The molecule has 3 rings (SSSR count). The summed E-state index contributed by atoms with van der Waals surface area (Å²) in [6.07, 6.45) is 0.760. The summed E-state index contributed by atoms with van der Waals surface area (Å²) < 4.78 is 23.0. The van der Waals surface area contributed by atoms with Crippen molar-refractivity contribution in [2.24, 2.45) is 0 Å². The van der Waals surface area contributed by atoms with E-state index in [0.29, 0.717) is 11.5 Å². The second-order valence-corrected chi connectivity index (χ2v) is 7.18. The molecule has 2 N–H and O–H groups in total. The Morgan fingerprint density at radius 1 is 1.29 bits per heavy atom. The number of rotatable bonds is 1. The third-order valence-corrected chi connectivity index (χ3v) is 5.52. The summed E-state index contributed by atoms with van der Waals surface area (Å²) >= 11 is 0. The smallest absolute Gasteiger partial charge is 0.151 e. The average molecular weight is 252 g/mol. The maximum Gasteiger partial charge on any atom is 0.151 e. The van der Waals surface area contributed by atoms with E-state index in [1.807, 2.05) is 12.1 Å². The second-order valence-electron chi connectivity index (χ2n) is 4.95. The van der Waals surface area contributed by atoms with Crippen LogP contribution in [-0.4, -0.2) is 30.9 Å². The molecular weight excluding hydrogens is 236 g/mol. The highest BCUT2D eigenvalue weighted by Crippen LogP contribution is 2.31. The highest BCUT2D eigenvalue weighted by Gasteiger charge is 2.35. The molecule has 17 heavy (non-hydrogen) atoms. The highest BCUT2D eigenvalue weighted by molar-refractivity contribution is 7.91. The molecule has 0 aliphatic carbocycles. The van der Waals surface area contributed by atoms with Gasteiger partial charge >= 0.3 is 0 Å². The fourth-order valence-electron chi connectivity index (χ4n) is 2.79. The monoisotopic (exact) mass is 252 g/mol. The number of hydrogen-bond donors (Lipinski definition) is 1. The molecule has 2 heterocycles. The van der Waals surface area contributed by atoms with Crippen LogP contribution in [0.2, 0.25) is 0 Å². The van der Waals surface area contributed by atoms with Crippen LogP contribution in [0.4, 0.5) is 5.69 Å². The van der Waals surface area contributed by atoms with Gasteiger partial charge in [0.2, 0.25) is 0 Å². The number of hydrogen-bond acceptors (Lipinski definition) is 4. The first-order valence-corrected chi connectivity index (χ1v) is 7.68. The van der Waals surface area contributed by atoms with Crippen molar-refractivity contribution in [1.29, 1.82) is 0 Å². The Labute approximate surface area is 101 Å². The number of sulfone groups is 1. The summed E-state index contributed by atoms with van der Waals surface area (Å²) in [4.78, 5) is 2.24. The minimum atomic E-state index is -2.80. The van der Waals surface area contributed by atoms with Gasteiger partial charge in [0, 0.05) is 24.8 Å². The molecule has 0 saturated carbocycles. The summed E-state index contributed by atoms with van der Waals surface area (Å²) in [5, 5.41) is 0. The summed E-state index contributed by atoms with van der Waals surface area (Å²) in [5.41, 5.74) is 9.19. The molecule has 2 aliphatic heterocycles. The van der Waals surface area contributed by atoms with E-state index in [2.05, 4.69) is 11.0 Å².